The first-order valence-corrected chi connectivity index (χ1v) is 8.19. The molecule has 8 nitrogen and oxygen atoms in total. The fourth-order valence-electron chi connectivity index (χ4n) is 2.04. The molecule has 140 valence electrons. The van der Waals surface area contributed by atoms with E-state index in [1.165, 1.54) is 25.2 Å². The molecule has 0 unspecified atom stereocenters. The first-order valence-electron chi connectivity index (χ1n) is 8.19. The Morgan fingerprint density at radius 3 is 1.73 bits per heavy atom. The van der Waals surface area contributed by atoms with Crippen molar-refractivity contribution in [1.82, 2.24) is 25.0 Å². The molecule has 26 heavy (non-hydrogen) atoms. The van der Waals surface area contributed by atoms with Gasteiger partial charge in [-0.25, -0.2) is 0 Å². The molecule has 0 saturated carbocycles. The van der Waals surface area contributed by atoms with Gasteiger partial charge in [0.2, 0.25) is 0 Å². The van der Waals surface area contributed by atoms with Crippen molar-refractivity contribution in [3.05, 3.63) is 48.0 Å². The maximum atomic E-state index is 10.2. The summed E-state index contributed by atoms with van der Waals surface area (Å²) < 4.78 is 2.13. The van der Waals surface area contributed by atoms with Crippen LogP contribution in [0.5, 0.6) is 0 Å². The number of aryl methyl sites for hydroxylation is 2. The Kier molecular flexibility index (Phi) is 8.56. The SMILES string of the molecule is CC(=O)CCC(C)=O.Cc1ccc(C)n1-c1ccn[nH]1.Nc1ccn[nH]1. The van der Waals surface area contributed by atoms with Gasteiger partial charge in [0.1, 0.15) is 23.2 Å². The van der Waals surface area contributed by atoms with Crippen LogP contribution in [-0.4, -0.2) is 36.5 Å². The average molecular weight is 358 g/mol. The molecule has 0 aliphatic rings. The normalized spacial score (nSPS) is 9.54. The van der Waals surface area contributed by atoms with Crippen LogP contribution in [0, 0.1) is 13.8 Å². The lowest BCUT2D eigenvalue weighted by Gasteiger charge is -2.04. The highest BCUT2D eigenvalue weighted by Crippen LogP contribution is 2.12. The number of aromatic amines is 2. The molecular formula is C18H26N6O2. The van der Waals surface area contributed by atoms with Crippen molar-refractivity contribution >= 4 is 17.4 Å². The second kappa shape index (κ2) is 10.7. The van der Waals surface area contributed by atoms with Crippen molar-refractivity contribution < 1.29 is 9.59 Å². The second-order valence-corrected chi connectivity index (χ2v) is 5.81. The smallest absolute Gasteiger partial charge is 0.132 e. The van der Waals surface area contributed by atoms with Gasteiger partial charge in [0.15, 0.2) is 0 Å². The minimum Gasteiger partial charge on any atom is -0.384 e. The van der Waals surface area contributed by atoms with Crippen LogP contribution >= 0.6 is 0 Å². The van der Waals surface area contributed by atoms with Gasteiger partial charge < -0.3 is 19.9 Å². The van der Waals surface area contributed by atoms with Crippen molar-refractivity contribution in [2.45, 2.75) is 40.5 Å². The Balaban J connectivity index is 0.000000210. The zero-order chi connectivity index (χ0) is 19.5. The van der Waals surface area contributed by atoms with E-state index in [0.29, 0.717) is 18.7 Å². The van der Waals surface area contributed by atoms with Gasteiger partial charge in [-0.1, -0.05) is 0 Å². The molecule has 3 aromatic rings. The third-order valence-corrected chi connectivity index (χ3v) is 3.35. The summed E-state index contributed by atoms with van der Waals surface area (Å²) in [7, 11) is 0. The highest BCUT2D eigenvalue weighted by atomic mass is 16.1. The third kappa shape index (κ3) is 7.61. The van der Waals surface area contributed by atoms with Crippen LogP contribution in [0.4, 0.5) is 5.82 Å². The molecule has 8 heteroatoms. The summed E-state index contributed by atoms with van der Waals surface area (Å²) in [6.45, 7) is 7.13. The van der Waals surface area contributed by atoms with Crippen LogP contribution in [0.25, 0.3) is 5.82 Å². The fourth-order valence-corrected chi connectivity index (χ4v) is 2.04. The number of nitrogens with two attached hydrogens (primary N) is 1. The number of carbonyl (C=O) groups excluding carboxylic acids is 2. The average Bonchev–Trinajstić information content (AvgIpc) is 3.31. The van der Waals surface area contributed by atoms with Gasteiger partial charge in [-0.3, -0.25) is 10.2 Å². The maximum Gasteiger partial charge on any atom is 0.132 e. The van der Waals surface area contributed by atoms with E-state index in [-0.39, 0.29) is 11.6 Å². The van der Waals surface area contributed by atoms with Crippen LogP contribution in [0.2, 0.25) is 0 Å². The van der Waals surface area contributed by atoms with E-state index >= 15 is 0 Å². The highest BCUT2D eigenvalue weighted by molar-refractivity contribution is 5.83. The number of Topliss-reactive ketones (excluding diaryl/α,β-unsaturated/α-hetero) is 2. The molecule has 0 saturated heterocycles. The molecule has 3 aromatic heterocycles. The molecule has 0 aliphatic heterocycles. The van der Waals surface area contributed by atoms with Crippen molar-refractivity contribution in [3.8, 4) is 5.82 Å². The van der Waals surface area contributed by atoms with Gasteiger partial charge in [0.05, 0.1) is 12.4 Å². The van der Waals surface area contributed by atoms with E-state index in [4.69, 9.17) is 5.73 Å². The summed E-state index contributed by atoms with van der Waals surface area (Å²) in [6.07, 6.45) is 4.16. The molecule has 0 aliphatic carbocycles. The zero-order valence-corrected chi connectivity index (χ0v) is 15.6. The number of carbonyl (C=O) groups is 2. The van der Waals surface area contributed by atoms with Crippen molar-refractivity contribution in [1.29, 1.82) is 0 Å². The predicted molar refractivity (Wildman–Crippen MR) is 101 cm³/mol. The molecule has 0 fully saturated rings. The molecule has 4 N–H and O–H groups in total. The number of nitrogen functional groups attached to an aromatic ring is 1. The summed E-state index contributed by atoms with van der Waals surface area (Å²) in [6, 6.07) is 7.84. The Bertz CT molecular complexity index is 754. The zero-order valence-electron chi connectivity index (χ0n) is 15.6. The number of hydrogen-bond donors (Lipinski definition) is 3. The monoisotopic (exact) mass is 358 g/mol. The summed E-state index contributed by atoms with van der Waals surface area (Å²) in [5.41, 5.74) is 7.60. The van der Waals surface area contributed by atoms with Crippen LogP contribution in [0.3, 0.4) is 0 Å². The fraction of sp³-hybridized carbons (Fsp3) is 0.333. The van der Waals surface area contributed by atoms with Crippen molar-refractivity contribution in [2.24, 2.45) is 0 Å². The number of nitrogens with zero attached hydrogens (tertiary/aromatic N) is 3. The first kappa shape index (κ1) is 20.9. The Labute approximate surface area is 152 Å². The second-order valence-electron chi connectivity index (χ2n) is 5.81. The lowest BCUT2D eigenvalue weighted by atomic mass is 10.2. The maximum absolute atomic E-state index is 10.2. The van der Waals surface area contributed by atoms with Gasteiger partial charge >= 0.3 is 0 Å². The number of aromatic nitrogens is 5. The Morgan fingerprint density at radius 1 is 0.923 bits per heavy atom. The van der Waals surface area contributed by atoms with Crippen LogP contribution in [-0.2, 0) is 9.59 Å². The molecule has 0 bridgehead atoms. The number of H-pyrrole nitrogens is 2. The predicted octanol–water partition coefficient (Wildman–Crippen LogP) is 2.75. The van der Waals surface area contributed by atoms with Gasteiger partial charge in [0.25, 0.3) is 0 Å². The summed E-state index contributed by atoms with van der Waals surface area (Å²) >= 11 is 0. The Hall–Kier alpha value is -3.16. The summed E-state index contributed by atoms with van der Waals surface area (Å²) in [4.78, 5) is 20.4. The standard InChI is InChI=1S/C9H11N3.C6H10O2.C3H5N3/c1-7-3-4-8(2)12(7)9-5-6-10-11-9;1-5(7)3-4-6(2)8;4-3-1-2-5-6-3/h3-6H,1-2H3,(H,10,11);3-4H2,1-2H3;1-2H,(H3,4,5,6). The van der Waals surface area contributed by atoms with E-state index in [2.05, 4.69) is 50.9 Å². The van der Waals surface area contributed by atoms with Gasteiger partial charge in [-0.2, -0.15) is 10.2 Å². The number of ketones is 2. The van der Waals surface area contributed by atoms with Gasteiger partial charge in [-0.15, -0.1) is 0 Å². The van der Waals surface area contributed by atoms with Crippen LogP contribution in [0.1, 0.15) is 38.1 Å². The van der Waals surface area contributed by atoms with E-state index in [9.17, 15) is 9.59 Å². The van der Waals surface area contributed by atoms with E-state index in [1.54, 1.807) is 18.5 Å². The Morgan fingerprint density at radius 2 is 1.42 bits per heavy atom. The van der Waals surface area contributed by atoms with Crippen LogP contribution in [0.15, 0.2) is 36.7 Å². The van der Waals surface area contributed by atoms with E-state index in [1.807, 2.05) is 6.07 Å². The van der Waals surface area contributed by atoms with E-state index < -0.39 is 0 Å². The topological polar surface area (TPSA) is 122 Å². The lowest BCUT2D eigenvalue weighted by molar-refractivity contribution is -0.122. The van der Waals surface area contributed by atoms with Crippen molar-refractivity contribution in [3.63, 3.8) is 0 Å². The van der Waals surface area contributed by atoms with Gasteiger partial charge in [0, 0.05) is 30.3 Å². The molecule has 3 rings (SSSR count). The molecular weight excluding hydrogens is 332 g/mol. The highest BCUT2D eigenvalue weighted by Gasteiger charge is 2.03. The molecule has 0 amide bonds. The third-order valence-electron chi connectivity index (χ3n) is 3.35. The minimum atomic E-state index is 0.0835. The molecule has 0 radical (unpaired) electrons. The van der Waals surface area contributed by atoms with E-state index in [0.717, 1.165) is 5.82 Å². The summed E-state index contributed by atoms with van der Waals surface area (Å²) in [5.74, 6) is 1.80. The first-order chi connectivity index (χ1) is 12.3. The number of rotatable bonds is 4. The lowest BCUT2D eigenvalue weighted by Crippen LogP contribution is -1.98. The number of anilines is 1. The number of hydrogen-bond acceptors (Lipinski definition) is 5. The minimum absolute atomic E-state index is 0.0835. The molecule has 0 aromatic carbocycles. The molecule has 0 spiro atoms. The summed E-state index contributed by atoms with van der Waals surface area (Å²) in [5, 5.41) is 12.9. The van der Waals surface area contributed by atoms with Crippen molar-refractivity contribution in [2.75, 3.05) is 5.73 Å². The molecule has 3 heterocycles. The van der Waals surface area contributed by atoms with Gasteiger partial charge in [-0.05, 0) is 45.9 Å². The number of nitrogens with one attached hydrogen (secondary N) is 2. The van der Waals surface area contributed by atoms with Crippen LogP contribution < -0.4 is 5.73 Å². The largest absolute Gasteiger partial charge is 0.384 e. The quantitative estimate of drug-likeness (QED) is 0.662. The molecule has 0 atom stereocenters.